The first kappa shape index (κ1) is 13.5. The van der Waals surface area contributed by atoms with E-state index in [1.54, 1.807) is 19.1 Å². The van der Waals surface area contributed by atoms with E-state index in [2.05, 4.69) is 15.3 Å². The summed E-state index contributed by atoms with van der Waals surface area (Å²) < 4.78 is 0. The molecule has 2 aromatic rings. The van der Waals surface area contributed by atoms with Gasteiger partial charge in [0.2, 0.25) is 0 Å². The average Bonchev–Trinajstić information content (AvgIpc) is 2.39. The van der Waals surface area contributed by atoms with Crippen molar-refractivity contribution in [3.63, 3.8) is 0 Å². The van der Waals surface area contributed by atoms with Crippen molar-refractivity contribution in [2.75, 3.05) is 5.32 Å². The smallest absolute Gasteiger partial charge is 0.338 e. The topological polar surface area (TPSA) is 112 Å². The van der Waals surface area contributed by atoms with Crippen LogP contribution in [0.3, 0.4) is 0 Å². The predicted molar refractivity (Wildman–Crippen MR) is 70.9 cm³/mol. The number of amides is 1. The van der Waals surface area contributed by atoms with E-state index in [0.717, 1.165) is 12.4 Å². The Morgan fingerprint density at radius 1 is 1.35 bits per heavy atom. The average molecular weight is 273 g/mol. The van der Waals surface area contributed by atoms with Crippen LogP contribution in [0.2, 0.25) is 0 Å². The largest absolute Gasteiger partial charge is 0.478 e. The van der Waals surface area contributed by atoms with Crippen LogP contribution in [0.1, 0.15) is 26.4 Å². The second kappa shape index (κ2) is 5.35. The number of hydrogen-bond acceptors (Lipinski definition) is 4. The normalized spacial score (nSPS) is 10.1. The fraction of sp³-hybridized carbons (Fsp3) is 0.0769. The molecule has 0 radical (unpaired) electrons. The summed E-state index contributed by atoms with van der Waals surface area (Å²) in [5.41, 5.74) is 0.288. The number of aromatic carboxylic acids is 1. The van der Waals surface area contributed by atoms with Gasteiger partial charge in [0.25, 0.3) is 11.5 Å². The molecule has 3 N–H and O–H groups in total. The van der Waals surface area contributed by atoms with Gasteiger partial charge in [0.05, 0.1) is 17.4 Å². The summed E-state index contributed by atoms with van der Waals surface area (Å²) in [5, 5.41) is 11.6. The summed E-state index contributed by atoms with van der Waals surface area (Å²) in [5.74, 6) is -1.73. The van der Waals surface area contributed by atoms with Gasteiger partial charge in [-0.25, -0.2) is 9.78 Å². The van der Waals surface area contributed by atoms with Crippen molar-refractivity contribution in [2.45, 2.75) is 6.92 Å². The Labute approximate surface area is 113 Å². The molecule has 102 valence electrons. The maximum absolute atomic E-state index is 11.9. The highest BCUT2D eigenvalue weighted by molar-refractivity contribution is 6.07. The molecule has 1 aromatic carbocycles. The zero-order valence-electron chi connectivity index (χ0n) is 10.5. The minimum atomic E-state index is -1.13. The van der Waals surface area contributed by atoms with E-state index in [1.165, 1.54) is 6.07 Å². The molecular formula is C13H11N3O4. The molecular weight excluding hydrogens is 262 g/mol. The predicted octanol–water partition coefficient (Wildman–Crippen LogP) is 1.03. The van der Waals surface area contributed by atoms with Gasteiger partial charge in [0.15, 0.2) is 0 Å². The molecule has 20 heavy (non-hydrogen) atoms. The second-order valence-electron chi connectivity index (χ2n) is 4.05. The highest BCUT2D eigenvalue weighted by atomic mass is 16.4. The summed E-state index contributed by atoms with van der Waals surface area (Å²) >= 11 is 0. The molecule has 0 aliphatic carbocycles. The lowest BCUT2D eigenvalue weighted by molar-refractivity contribution is 0.0697. The maximum atomic E-state index is 11.9. The second-order valence-corrected chi connectivity index (χ2v) is 4.05. The summed E-state index contributed by atoms with van der Waals surface area (Å²) in [6.45, 7) is 1.64. The quantitative estimate of drug-likeness (QED) is 0.773. The molecule has 7 nitrogen and oxygen atoms in total. The third-order valence-electron chi connectivity index (χ3n) is 2.64. The van der Waals surface area contributed by atoms with Gasteiger partial charge < -0.3 is 15.4 Å². The lowest BCUT2D eigenvalue weighted by atomic mass is 10.1. The van der Waals surface area contributed by atoms with Gasteiger partial charge in [-0.2, -0.15) is 0 Å². The molecule has 0 aliphatic rings. The number of aryl methyl sites for hydroxylation is 1. The molecule has 0 aliphatic heterocycles. The summed E-state index contributed by atoms with van der Waals surface area (Å²) in [6, 6.07) is 4.76. The lowest BCUT2D eigenvalue weighted by Gasteiger charge is -2.09. The van der Waals surface area contributed by atoms with Crippen molar-refractivity contribution in [3.8, 4) is 0 Å². The fourth-order valence-electron chi connectivity index (χ4n) is 1.71. The van der Waals surface area contributed by atoms with Gasteiger partial charge in [0.1, 0.15) is 5.69 Å². The first-order valence-electron chi connectivity index (χ1n) is 5.68. The molecule has 1 heterocycles. The number of aromatic nitrogens is 2. The number of benzene rings is 1. The molecule has 0 atom stereocenters. The number of aromatic amines is 1. The molecule has 2 rings (SSSR count). The third kappa shape index (κ3) is 2.72. The van der Waals surface area contributed by atoms with Gasteiger partial charge in [-0.15, -0.1) is 0 Å². The van der Waals surface area contributed by atoms with Crippen LogP contribution in [0.15, 0.2) is 35.4 Å². The van der Waals surface area contributed by atoms with E-state index in [-0.39, 0.29) is 16.9 Å². The highest BCUT2D eigenvalue weighted by Crippen LogP contribution is 2.19. The Morgan fingerprint density at radius 3 is 2.70 bits per heavy atom. The summed E-state index contributed by atoms with van der Waals surface area (Å²) in [4.78, 5) is 40.0. The molecule has 0 saturated carbocycles. The number of nitrogens with zero attached hydrogens (tertiary/aromatic N) is 1. The molecule has 0 unspecified atom stereocenters. The summed E-state index contributed by atoms with van der Waals surface area (Å²) in [7, 11) is 0. The zero-order valence-corrected chi connectivity index (χ0v) is 10.5. The van der Waals surface area contributed by atoms with Gasteiger partial charge in [-0.3, -0.25) is 9.59 Å². The Balaban J connectivity index is 2.33. The minimum Gasteiger partial charge on any atom is -0.478 e. The SMILES string of the molecule is Cc1cccc(NC(=O)c2c[nH]c(=O)cn2)c1C(=O)O. The van der Waals surface area contributed by atoms with Crippen molar-refractivity contribution < 1.29 is 14.7 Å². The zero-order chi connectivity index (χ0) is 14.7. The number of anilines is 1. The third-order valence-corrected chi connectivity index (χ3v) is 2.64. The van der Waals surface area contributed by atoms with Gasteiger partial charge in [0, 0.05) is 6.20 Å². The maximum Gasteiger partial charge on any atom is 0.338 e. The number of hydrogen-bond donors (Lipinski definition) is 3. The van der Waals surface area contributed by atoms with Crippen molar-refractivity contribution in [1.82, 2.24) is 9.97 Å². The van der Waals surface area contributed by atoms with E-state index < -0.39 is 17.4 Å². The molecule has 0 saturated heterocycles. The number of carbonyl (C=O) groups is 2. The van der Waals surface area contributed by atoms with E-state index in [4.69, 9.17) is 5.11 Å². The van der Waals surface area contributed by atoms with Crippen LogP contribution < -0.4 is 10.9 Å². The Kier molecular flexibility index (Phi) is 3.60. The standard InChI is InChI=1S/C13H11N3O4/c1-7-3-2-4-8(11(7)13(19)20)16-12(18)9-5-15-10(17)6-14-9/h2-6H,1H3,(H,15,17)(H,16,18)(H,19,20). The van der Waals surface area contributed by atoms with E-state index in [0.29, 0.717) is 5.56 Å². The first-order chi connectivity index (χ1) is 9.49. The van der Waals surface area contributed by atoms with Crippen LogP contribution in [0, 0.1) is 6.92 Å². The number of H-pyrrole nitrogens is 1. The van der Waals surface area contributed by atoms with Crippen LogP contribution in [0.25, 0.3) is 0 Å². The van der Waals surface area contributed by atoms with Crippen molar-refractivity contribution in [2.24, 2.45) is 0 Å². The Bertz CT molecular complexity index is 716. The number of rotatable bonds is 3. The molecule has 7 heteroatoms. The van der Waals surface area contributed by atoms with Crippen LogP contribution in [0.4, 0.5) is 5.69 Å². The van der Waals surface area contributed by atoms with E-state index in [1.807, 2.05) is 0 Å². The van der Waals surface area contributed by atoms with Crippen LogP contribution in [-0.2, 0) is 0 Å². The lowest BCUT2D eigenvalue weighted by Crippen LogP contribution is -2.18. The number of carbonyl (C=O) groups excluding carboxylic acids is 1. The van der Waals surface area contributed by atoms with Crippen LogP contribution in [-0.4, -0.2) is 27.0 Å². The van der Waals surface area contributed by atoms with Gasteiger partial charge >= 0.3 is 5.97 Å². The molecule has 1 amide bonds. The Hall–Kier alpha value is -2.96. The number of carboxylic acids is 1. The first-order valence-corrected chi connectivity index (χ1v) is 5.68. The van der Waals surface area contributed by atoms with Crippen LogP contribution >= 0.6 is 0 Å². The molecule has 1 aromatic heterocycles. The van der Waals surface area contributed by atoms with Crippen molar-refractivity contribution in [3.05, 3.63) is 57.8 Å². The van der Waals surface area contributed by atoms with Crippen LogP contribution in [0.5, 0.6) is 0 Å². The van der Waals surface area contributed by atoms with E-state index >= 15 is 0 Å². The summed E-state index contributed by atoms with van der Waals surface area (Å²) in [6.07, 6.45) is 2.14. The minimum absolute atomic E-state index is 0.0116. The highest BCUT2D eigenvalue weighted by Gasteiger charge is 2.16. The number of nitrogens with one attached hydrogen (secondary N) is 2. The Morgan fingerprint density at radius 2 is 2.10 bits per heavy atom. The van der Waals surface area contributed by atoms with Crippen molar-refractivity contribution in [1.29, 1.82) is 0 Å². The molecule has 0 bridgehead atoms. The fourth-order valence-corrected chi connectivity index (χ4v) is 1.71. The molecule has 0 fully saturated rings. The van der Waals surface area contributed by atoms with Gasteiger partial charge in [-0.1, -0.05) is 12.1 Å². The number of carboxylic acid groups (broad SMARTS) is 1. The monoisotopic (exact) mass is 273 g/mol. The van der Waals surface area contributed by atoms with Gasteiger partial charge in [-0.05, 0) is 18.6 Å². The molecule has 0 spiro atoms. The van der Waals surface area contributed by atoms with E-state index in [9.17, 15) is 14.4 Å². The van der Waals surface area contributed by atoms with Crippen molar-refractivity contribution >= 4 is 17.6 Å².